The molecule has 0 saturated heterocycles. The Morgan fingerprint density at radius 3 is 2.05 bits per heavy atom. The minimum absolute atomic E-state index is 0.279. The Labute approximate surface area is 115 Å². The zero-order chi connectivity index (χ0) is 13.8. The van der Waals surface area contributed by atoms with Gasteiger partial charge in [0.25, 0.3) is 0 Å². The van der Waals surface area contributed by atoms with Gasteiger partial charge in [0.15, 0.2) is 0 Å². The van der Waals surface area contributed by atoms with Gasteiger partial charge in [-0.25, -0.2) is 0 Å². The van der Waals surface area contributed by atoms with Gasteiger partial charge >= 0.3 is 0 Å². The molecule has 2 aromatic carbocycles. The monoisotopic (exact) mass is 252 g/mol. The number of Topliss-reactive ketones (excluding diaryl/α,β-unsaturated/α-hetero) is 1. The minimum atomic E-state index is 0.279. The van der Waals surface area contributed by atoms with Gasteiger partial charge in [0.2, 0.25) is 0 Å². The lowest BCUT2D eigenvalue weighted by atomic mass is 9.94. The van der Waals surface area contributed by atoms with E-state index in [0.29, 0.717) is 12.8 Å². The number of rotatable bonds is 4. The van der Waals surface area contributed by atoms with E-state index in [1.54, 1.807) is 0 Å². The molecule has 1 nitrogen and oxygen atoms in total. The third kappa shape index (κ3) is 3.54. The lowest BCUT2D eigenvalue weighted by Crippen LogP contribution is -2.09. The van der Waals surface area contributed by atoms with E-state index < -0.39 is 0 Å². The topological polar surface area (TPSA) is 17.1 Å². The van der Waals surface area contributed by atoms with Crippen molar-refractivity contribution in [2.75, 3.05) is 0 Å². The fourth-order valence-corrected chi connectivity index (χ4v) is 2.57. The van der Waals surface area contributed by atoms with E-state index >= 15 is 0 Å². The summed E-state index contributed by atoms with van der Waals surface area (Å²) in [6.07, 6.45) is 1.06. The van der Waals surface area contributed by atoms with Gasteiger partial charge in [-0.2, -0.15) is 0 Å². The second kappa shape index (κ2) is 5.83. The fourth-order valence-electron chi connectivity index (χ4n) is 2.57. The first kappa shape index (κ1) is 13.5. The Morgan fingerprint density at radius 1 is 0.895 bits per heavy atom. The van der Waals surface area contributed by atoms with E-state index in [9.17, 15) is 4.79 Å². The van der Waals surface area contributed by atoms with Gasteiger partial charge in [0.05, 0.1) is 0 Å². The lowest BCUT2D eigenvalue weighted by molar-refractivity contribution is -0.117. The molecule has 0 aliphatic heterocycles. The molecule has 0 unspecified atom stereocenters. The van der Waals surface area contributed by atoms with Crippen LogP contribution >= 0.6 is 0 Å². The average Bonchev–Trinajstić information content (AvgIpc) is 2.35. The smallest absolute Gasteiger partial charge is 0.141 e. The first-order valence-corrected chi connectivity index (χ1v) is 6.68. The van der Waals surface area contributed by atoms with Crippen molar-refractivity contribution >= 4 is 5.78 Å². The van der Waals surface area contributed by atoms with E-state index in [-0.39, 0.29) is 5.78 Å². The molecule has 0 radical (unpaired) electrons. The van der Waals surface area contributed by atoms with E-state index in [1.165, 1.54) is 22.3 Å². The summed E-state index contributed by atoms with van der Waals surface area (Å²) < 4.78 is 0. The third-order valence-electron chi connectivity index (χ3n) is 3.46. The van der Waals surface area contributed by atoms with Crippen molar-refractivity contribution in [1.29, 1.82) is 0 Å². The molecular weight excluding hydrogens is 232 g/mol. The zero-order valence-corrected chi connectivity index (χ0v) is 11.9. The molecule has 2 rings (SSSR count). The van der Waals surface area contributed by atoms with E-state index in [1.807, 2.05) is 30.3 Å². The highest BCUT2D eigenvalue weighted by atomic mass is 16.1. The number of benzene rings is 2. The van der Waals surface area contributed by atoms with Crippen molar-refractivity contribution in [3.8, 4) is 0 Å². The molecule has 0 aliphatic carbocycles. The van der Waals surface area contributed by atoms with Crippen LogP contribution in [0.5, 0.6) is 0 Å². The van der Waals surface area contributed by atoms with Crippen LogP contribution < -0.4 is 0 Å². The molecule has 0 heterocycles. The van der Waals surface area contributed by atoms with Crippen LogP contribution in [0.1, 0.15) is 27.8 Å². The van der Waals surface area contributed by atoms with E-state index in [4.69, 9.17) is 0 Å². The maximum absolute atomic E-state index is 12.2. The number of aryl methyl sites for hydroxylation is 3. The van der Waals surface area contributed by atoms with Gasteiger partial charge in [0, 0.05) is 12.8 Å². The van der Waals surface area contributed by atoms with Gasteiger partial charge < -0.3 is 0 Å². The average molecular weight is 252 g/mol. The first-order chi connectivity index (χ1) is 9.06. The highest BCUT2D eigenvalue weighted by Crippen LogP contribution is 2.17. The van der Waals surface area contributed by atoms with Crippen molar-refractivity contribution in [3.63, 3.8) is 0 Å². The van der Waals surface area contributed by atoms with Gasteiger partial charge in [-0.15, -0.1) is 0 Å². The minimum Gasteiger partial charge on any atom is -0.299 e. The lowest BCUT2D eigenvalue weighted by Gasteiger charge is -2.10. The molecule has 0 aliphatic rings. The Morgan fingerprint density at radius 2 is 1.47 bits per heavy atom. The van der Waals surface area contributed by atoms with E-state index in [2.05, 4.69) is 32.9 Å². The van der Waals surface area contributed by atoms with Crippen molar-refractivity contribution in [2.24, 2.45) is 0 Å². The molecule has 0 fully saturated rings. The van der Waals surface area contributed by atoms with Crippen LogP contribution in [0.3, 0.4) is 0 Å². The maximum atomic E-state index is 12.2. The summed E-state index contributed by atoms with van der Waals surface area (Å²) in [5.74, 6) is 0.279. The van der Waals surface area contributed by atoms with Crippen LogP contribution in [0.4, 0.5) is 0 Å². The number of hydrogen-bond donors (Lipinski definition) is 0. The van der Waals surface area contributed by atoms with Crippen LogP contribution in [0.15, 0.2) is 42.5 Å². The third-order valence-corrected chi connectivity index (χ3v) is 3.46. The highest BCUT2D eigenvalue weighted by molar-refractivity contribution is 5.83. The Bertz CT molecular complexity index is 559. The molecule has 0 atom stereocenters. The Balaban J connectivity index is 2.12. The van der Waals surface area contributed by atoms with Crippen LogP contribution in [-0.2, 0) is 17.6 Å². The molecule has 0 spiro atoms. The summed E-state index contributed by atoms with van der Waals surface area (Å²) in [6.45, 7) is 6.27. The van der Waals surface area contributed by atoms with Crippen LogP contribution in [-0.4, -0.2) is 5.78 Å². The summed E-state index contributed by atoms with van der Waals surface area (Å²) >= 11 is 0. The SMILES string of the molecule is Cc1cc(C)c(CC(=O)Cc2ccccc2)c(C)c1. The van der Waals surface area contributed by atoms with Crippen LogP contribution in [0.2, 0.25) is 0 Å². The van der Waals surface area contributed by atoms with Crippen molar-refractivity contribution < 1.29 is 4.79 Å². The Hall–Kier alpha value is -1.89. The van der Waals surface area contributed by atoms with Crippen LogP contribution in [0.25, 0.3) is 0 Å². The standard InChI is InChI=1S/C18H20O/c1-13-9-14(2)18(15(3)10-13)12-17(19)11-16-7-5-4-6-8-16/h4-10H,11-12H2,1-3H3. The second-order valence-corrected chi connectivity index (χ2v) is 5.26. The number of hydrogen-bond acceptors (Lipinski definition) is 1. The number of carbonyl (C=O) groups is 1. The Kier molecular flexibility index (Phi) is 4.16. The summed E-state index contributed by atoms with van der Waals surface area (Å²) in [6, 6.07) is 14.2. The molecule has 0 bridgehead atoms. The van der Waals surface area contributed by atoms with Crippen LogP contribution in [0, 0.1) is 20.8 Å². The normalized spacial score (nSPS) is 10.5. The van der Waals surface area contributed by atoms with Gasteiger partial charge in [-0.05, 0) is 43.0 Å². The van der Waals surface area contributed by atoms with Gasteiger partial charge in [0.1, 0.15) is 5.78 Å². The largest absolute Gasteiger partial charge is 0.299 e. The summed E-state index contributed by atoms with van der Waals surface area (Å²) in [7, 11) is 0. The summed E-state index contributed by atoms with van der Waals surface area (Å²) in [5.41, 5.74) is 5.98. The number of carbonyl (C=O) groups excluding carboxylic acids is 1. The fraction of sp³-hybridized carbons (Fsp3) is 0.278. The maximum Gasteiger partial charge on any atom is 0.141 e. The molecular formula is C18H20O. The quantitative estimate of drug-likeness (QED) is 0.804. The van der Waals surface area contributed by atoms with Gasteiger partial charge in [-0.1, -0.05) is 48.0 Å². The molecule has 0 amide bonds. The first-order valence-electron chi connectivity index (χ1n) is 6.68. The predicted molar refractivity (Wildman–Crippen MR) is 79.5 cm³/mol. The zero-order valence-electron chi connectivity index (χ0n) is 11.9. The van der Waals surface area contributed by atoms with Crippen molar-refractivity contribution in [3.05, 3.63) is 70.3 Å². The van der Waals surface area contributed by atoms with Crippen molar-refractivity contribution in [2.45, 2.75) is 33.6 Å². The second-order valence-electron chi connectivity index (χ2n) is 5.26. The summed E-state index contributed by atoms with van der Waals surface area (Å²) in [5, 5.41) is 0. The predicted octanol–water partition coefficient (Wildman–Crippen LogP) is 3.97. The molecule has 0 saturated carbocycles. The molecule has 98 valence electrons. The molecule has 0 N–H and O–H groups in total. The highest BCUT2D eigenvalue weighted by Gasteiger charge is 2.10. The molecule has 2 aromatic rings. The van der Waals surface area contributed by atoms with E-state index in [0.717, 1.165) is 5.56 Å². The molecule has 1 heteroatoms. The summed E-state index contributed by atoms with van der Waals surface area (Å²) in [4.78, 5) is 12.2. The van der Waals surface area contributed by atoms with Crippen molar-refractivity contribution in [1.82, 2.24) is 0 Å². The molecule has 19 heavy (non-hydrogen) atoms. The molecule has 0 aromatic heterocycles. The number of ketones is 1. The van der Waals surface area contributed by atoms with Gasteiger partial charge in [-0.3, -0.25) is 4.79 Å².